The van der Waals surface area contributed by atoms with Gasteiger partial charge in [0.15, 0.2) is 0 Å². The molecule has 0 aliphatic carbocycles. The van der Waals surface area contributed by atoms with Crippen molar-refractivity contribution in [3.8, 4) is 5.75 Å². The smallest absolute Gasteiger partial charge is 0.252 e. The molecule has 1 N–H and O–H groups in total. The van der Waals surface area contributed by atoms with Gasteiger partial charge in [0.25, 0.3) is 5.91 Å². The zero-order valence-electron chi connectivity index (χ0n) is 19.0. The summed E-state index contributed by atoms with van der Waals surface area (Å²) in [6, 6.07) is 25.8. The van der Waals surface area contributed by atoms with Gasteiger partial charge in [0.2, 0.25) is 0 Å². The molecule has 1 atom stereocenters. The van der Waals surface area contributed by atoms with Gasteiger partial charge < -0.3 is 10.1 Å². The molecule has 160 valence electrons. The first-order valence-corrected chi connectivity index (χ1v) is 10.6. The van der Waals surface area contributed by atoms with Crippen LogP contribution in [0.2, 0.25) is 0 Å². The van der Waals surface area contributed by atoms with Crippen molar-refractivity contribution in [1.29, 1.82) is 0 Å². The van der Waals surface area contributed by atoms with Crippen molar-refractivity contribution in [3.05, 3.63) is 101 Å². The Hall–Kier alpha value is -3.33. The molecule has 0 saturated carbocycles. The molecule has 0 radical (unpaired) electrons. The molecule has 3 nitrogen and oxygen atoms in total. The van der Waals surface area contributed by atoms with Crippen LogP contribution in [0.1, 0.15) is 56.0 Å². The van der Waals surface area contributed by atoms with Gasteiger partial charge in [0.1, 0.15) is 5.75 Å². The quantitative estimate of drug-likeness (QED) is 0.374. The van der Waals surface area contributed by atoms with Crippen LogP contribution in [0.25, 0.3) is 11.6 Å². The summed E-state index contributed by atoms with van der Waals surface area (Å²) in [5, 5.41) is 3.16. The van der Waals surface area contributed by atoms with E-state index in [0.29, 0.717) is 5.57 Å². The normalized spacial score (nSPS) is 12.9. The van der Waals surface area contributed by atoms with E-state index in [0.717, 1.165) is 22.4 Å². The van der Waals surface area contributed by atoms with E-state index in [9.17, 15) is 4.79 Å². The van der Waals surface area contributed by atoms with Crippen molar-refractivity contribution in [3.63, 3.8) is 0 Å². The van der Waals surface area contributed by atoms with Gasteiger partial charge in [-0.1, -0.05) is 87.5 Å². The van der Waals surface area contributed by atoms with E-state index in [-0.39, 0.29) is 17.4 Å². The summed E-state index contributed by atoms with van der Waals surface area (Å²) < 4.78 is 5.24. The summed E-state index contributed by atoms with van der Waals surface area (Å²) in [5.74, 6) is 0.685. The Morgan fingerprint density at radius 3 is 2.06 bits per heavy atom. The molecule has 0 aromatic heterocycles. The van der Waals surface area contributed by atoms with Crippen LogP contribution in [0.5, 0.6) is 5.75 Å². The van der Waals surface area contributed by atoms with Crippen LogP contribution in [0, 0.1) is 0 Å². The fraction of sp³-hybridized carbons (Fsp3) is 0.250. The molecule has 0 bridgehead atoms. The highest BCUT2D eigenvalue weighted by Gasteiger charge is 2.17. The Morgan fingerprint density at radius 2 is 1.52 bits per heavy atom. The second kappa shape index (κ2) is 9.65. The van der Waals surface area contributed by atoms with Crippen LogP contribution in [-0.2, 0) is 10.2 Å². The van der Waals surface area contributed by atoms with Crippen LogP contribution >= 0.6 is 0 Å². The van der Waals surface area contributed by atoms with Crippen molar-refractivity contribution in [2.24, 2.45) is 0 Å². The van der Waals surface area contributed by atoms with Crippen LogP contribution in [0.3, 0.4) is 0 Å². The topological polar surface area (TPSA) is 38.3 Å². The molecule has 0 aliphatic heterocycles. The van der Waals surface area contributed by atoms with Crippen molar-refractivity contribution in [2.45, 2.75) is 39.2 Å². The van der Waals surface area contributed by atoms with Gasteiger partial charge in [0, 0.05) is 5.57 Å². The van der Waals surface area contributed by atoms with Crippen LogP contribution in [0.4, 0.5) is 0 Å². The van der Waals surface area contributed by atoms with E-state index in [2.05, 4.69) is 50.4 Å². The summed E-state index contributed by atoms with van der Waals surface area (Å²) in [5.41, 5.74) is 4.91. The molecule has 31 heavy (non-hydrogen) atoms. The lowest BCUT2D eigenvalue weighted by Crippen LogP contribution is -2.27. The Labute approximate surface area is 185 Å². The highest BCUT2D eigenvalue weighted by atomic mass is 16.5. The number of carbonyl (C=O) groups excluding carboxylic acids is 1. The van der Waals surface area contributed by atoms with Crippen molar-refractivity contribution in [1.82, 2.24) is 5.32 Å². The van der Waals surface area contributed by atoms with Crippen molar-refractivity contribution in [2.75, 3.05) is 7.11 Å². The molecule has 3 rings (SSSR count). The first-order chi connectivity index (χ1) is 14.8. The van der Waals surface area contributed by atoms with E-state index in [1.54, 1.807) is 7.11 Å². The van der Waals surface area contributed by atoms with E-state index in [4.69, 9.17) is 4.74 Å². The summed E-state index contributed by atoms with van der Waals surface area (Å²) in [6.07, 6.45) is 1.92. The second-order valence-electron chi connectivity index (χ2n) is 8.76. The number of hydrogen-bond acceptors (Lipinski definition) is 2. The Kier molecular flexibility index (Phi) is 6.96. The first kappa shape index (κ1) is 22.4. The number of carbonyl (C=O) groups is 1. The molecule has 3 aromatic carbocycles. The molecule has 0 spiro atoms. The third kappa shape index (κ3) is 5.85. The van der Waals surface area contributed by atoms with Gasteiger partial charge in [-0.2, -0.15) is 0 Å². The maximum absolute atomic E-state index is 13.3. The number of nitrogens with one attached hydrogen (secondary N) is 1. The van der Waals surface area contributed by atoms with Crippen LogP contribution < -0.4 is 10.1 Å². The molecule has 0 unspecified atom stereocenters. The number of amides is 1. The molecule has 0 saturated heterocycles. The largest absolute Gasteiger partial charge is 0.497 e. The Morgan fingerprint density at radius 1 is 0.903 bits per heavy atom. The lowest BCUT2D eigenvalue weighted by Gasteiger charge is -2.21. The molecule has 0 aliphatic rings. The van der Waals surface area contributed by atoms with E-state index in [1.165, 1.54) is 5.56 Å². The average molecular weight is 414 g/mol. The predicted octanol–water partition coefficient (Wildman–Crippen LogP) is 6.41. The number of methoxy groups -OCH3 is 1. The zero-order valence-corrected chi connectivity index (χ0v) is 19.0. The van der Waals surface area contributed by atoms with E-state index >= 15 is 0 Å². The number of rotatable bonds is 6. The van der Waals surface area contributed by atoms with Gasteiger partial charge in [-0.15, -0.1) is 0 Å². The molecule has 0 heterocycles. The molecule has 3 aromatic rings. The van der Waals surface area contributed by atoms with E-state index < -0.39 is 0 Å². The van der Waals surface area contributed by atoms with Gasteiger partial charge in [-0.05, 0) is 52.8 Å². The van der Waals surface area contributed by atoms with Crippen LogP contribution in [-0.4, -0.2) is 13.0 Å². The fourth-order valence-electron chi connectivity index (χ4n) is 3.39. The average Bonchev–Trinajstić information content (AvgIpc) is 2.78. The van der Waals surface area contributed by atoms with Gasteiger partial charge >= 0.3 is 0 Å². The lowest BCUT2D eigenvalue weighted by atomic mass is 9.86. The molecular formula is C28H31NO2. The standard InChI is InChI=1S/C28H31NO2/c1-20(22-13-15-24(16-14-22)28(2,3)4)29-27(30)26(23-9-7-6-8-10-23)19-21-11-17-25(31-5)18-12-21/h6-20H,1-5H3,(H,29,30)/b26-19+/t20-/m1/s1. The first-order valence-electron chi connectivity index (χ1n) is 10.6. The minimum atomic E-state index is -0.107. The summed E-state index contributed by atoms with van der Waals surface area (Å²) >= 11 is 0. The number of benzene rings is 3. The molecule has 1 amide bonds. The van der Waals surface area contributed by atoms with Crippen LogP contribution in [0.15, 0.2) is 78.9 Å². The second-order valence-corrected chi connectivity index (χ2v) is 8.76. The van der Waals surface area contributed by atoms with E-state index in [1.807, 2.05) is 67.6 Å². The number of ether oxygens (including phenoxy) is 1. The van der Waals surface area contributed by atoms with Gasteiger partial charge in [-0.3, -0.25) is 4.79 Å². The zero-order chi connectivity index (χ0) is 22.4. The molecular weight excluding hydrogens is 382 g/mol. The minimum Gasteiger partial charge on any atom is -0.497 e. The number of hydrogen-bond donors (Lipinski definition) is 1. The third-order valence-electron chi connectivity index (χ3n) is 5.38. The predicted molar refractivity (Wildman–Crippen MR) is 129 cm³/mol. The van der Waals surface area contributed by atoms with Crippen molar-refractivity contribution < 1.29 is 9.53 Å². The Bertz CT molecular complexity index is 1030. The highest BCUT2D eigenvalue weighted by molar-refractivity contribution is 6.24. The lowest BCUT2D eigenvalue weighted by molar-refractivity contribution is -0.116. The fourth-order valence-corrected chi connectivity index (χ4v) is 3.39. The van der Waals surface area contributed by atoms with Gasteiger partial charge in [-0.25, -0.2) is 0 Å². The summed E-state index contributed by atoms with van der Waals surface area (Å²) in [4.78, 5) is 13.3. The SMILES string of the molecule is COc1ccc(/C=C(/C(=O)N[C@H](C)c2ccc(C(C)(C)C)cc2)c2ccccc2)cc1. The third-order valence-corrected chi connectivity index (χ3v) is 5.38. The minimum absolute atomic E-state index is 0.102. The molecule has 3 heteroatoms. The monoisotopic (exact) mass is 413 g/mol. The highest BCUT2D eigenvalue weighted by Crippen LogP contribution is 2.25. The summed E-state index contributed by atoms with van der Waals surface area (Å²) in [7, 11) is 1.64. The maximum Gasteiger partial charge on any atom is 0.252 e. The van der Waals surface area contributed by atoms with Crippen molar-refractivity contribution >= 4 is 17.6 Å². The van der Waals surface area contributed by atoms with Gasteiger partial charge in [0.05, 0.1) is 13.2 Å². The maximum atomic E-state index is 13.3. The Balaban J connectivity index is 1.85. The molecule has 0 fully saturated rings. The summed E-state index contributed by atoms with van der Waals surface area (Å²) in [6.45, 7) is 8.61.